The Morgan fingerprint density at radius 2 is 1.38 bits per heavy atom. The summed E-state index contributed by atoms with van der Waals surface area (Å²) in [6.45, 7) is 0.375. The molecule has 166 valence electrons. The first-order chi connectivity index (χ1) is 15.8. The van der Waals surface area contributed by atoms with Crippen LogP contribution in [0.1, 0.15) is 11.9 Å². The van der Waals surface area contributed by atoms with Crippen molar-refractivity contribution in [2.24, 2.45) is 0 Å². The van der Waals surface area contributed by atoms with E-state index in [1.54, 1.807) is 7.11 Å². The third kappa shape index (κ3) is 4.25. The number of hydrogen-bond acceptors (Lipinski definition) is 5. The third-order valence-electron chi connectivity index (χ3n) is 6.00. The highest BCUT2D eigenvalue weighted by molar-refractivity contribution is 7.73. The minimum Gasteiger partial charge on any atom is -0.387 e. The van der Waals surface area contributed by atoms with E-state index in [4.69, 9.17) is 18.9 Å². The second-order valence-electron chi connectivity index (χ2n) is 7.98. The molecule has 0 saturated carbocycles. The second kappa shape index (κ2) is 9.80. The zero-order chi connectivity index (χ0) is 21.9. The van der Waals surface area contributed by atoms with E-state index in [1.807, 2.05) is 66.7 Å². The van der Waals surface area contributed by atoms with Crippen molar-refractivity contribution < 1.29 is 24.1 Å². The zero-order valence-electron chi connectivity index (χ0n) is 17.9. The SMILES string of the molecule is CO[C@H]1OC2CO[C@@H](c3ccccc3)OC2[C@@H](P(c2ccccc2)c2ccccc2)[C@@H]1O. The van der Waals surface area contributed by atoms with Gasteiger partial charge in [0.15, 0.2) is 12.6 Å². The molecule has 5 nitrogen and oxygen atoms in total. The predicted molar refractivity (Wildman–Crippen MR) is 125 cm³/mol. The molecule has 2 aliphatic rings. The van der Waals surface area contributed by atoms with Crippen LogP contribution < -0.4 is 10.6 Å². The summed E-state index contributed by atoms with van der Waals surface area (Å²) in [5.41, 5.74) is 0.727. The van der Waals surface area contributed by atoms with Gasteiger partial charge in [0.25, 0.3) is 0 Å². The van der Waals surface area contributed by atoms with E-state index < -0.39 is 26.6 Å². The Bertz CT molecular complexity index is 947. The highest BCUT2D eigenvalue weighted by Crippen LogP contribution is 2.49. The van der Waals surface area contributed by atoms with Crippen LogP contribution in [0.3, 0.4) is 0 Å². The standard InChI is InChI=1S/C26H27O5P/c1-28-26-22(27)24(32(19-13-7-3-8-14-19)20-15-9-4-10-16-20)23-21(30-26)17-29-25(31-23)18-11-5-2-6-12-18/h2-16,21-27H,17H2,1H3/t21?,22-,23?,24-,25+,26-/m0/s1. The van der Waals surface area contributed by atoms with E-state index in [9.17, 15) is 5.11 Å². The number of benzene rings is 3. The Morgan fingerprint density at radius 1 is 0.812 bits per heavy atom. The fraction of sp³-hybridized carbons (Fsp3) is 0.308. The maximum atomic E-state index is 11.5. The van der Waals surface area contributed by atoms with Gasteiger partial charge < -0.3 is 24.1 Å². The highest BCUT2D eigenvalue weighted by Gasteiger charge is 2.52. The van der Waals surface area contributed by atoms with Gasteiger partial charge in [0.2, 0.25) is 0 Å². The monoisotopic (exact) mass is 450 g/mol. The number of aliphatic hydroxyl groups is 1. The molecule has 2 unspecified atom stereocenters. The van der Waals surface area contributed by atoms with Crippen molar-refractivity contribution >= 4 is 18.5 Å². The maximum absolute atomic E-state index is 11.5. The van der Waals surface area contributed by atoms with E-state index in [1.165, 1.54) is 10.6 Å². The minimum absolute atomic E-state index is 0.228. The van der Waals surface area contributed by atoms with Crippen LogP contribution in [-0.4, -0.2) is 49.1 Å². The lowest BCUT2D eigenvalue weighted by Gasteiger charge is -2.50. The molecule has 6 heteroatoms. The lowest BCUT2D eigenvalue weighted by atomic mass is 10.0. The summed E-state index contributed by atoms with van der Waals surface area (Å²) < 4.78 is 24.2. The summed E-state index contributed by atoms with van der Waals surface area (Å²) >= 11 is 0. The number of aliphatic hydroxyl groups excluding tert-OH is 1. The van der Waals surface area contributed by atoms with Crippen LogP contribution in [0.25, 0.3) is 0 Å². The van der Waals surface area contributed by atoms with Gasteiger partial charge in [-0.25, -0.2) is 0 Å². The van der Waals surface area contributed by atoms with E-state index in [-0.39, 0.29) is 17.9 Å². The molecule has 0 bridgehead atoms. The van der Waals surface area contributed by atoms with Crippen LogP contribution in [0, 0.1) is 0 Å². The van der Waals surface area contributed by atoms with Crippen LogP contribution >= 0.6 is 7.92 Å². The van der Waals surface area contributed by atoms with Crippen molar-refractivity contribution in [1.82, 2.24) is 0 Å². The van der Waals surface area contributed by atoms with Crippen molar-refractivity contribution in [3.05, 3.63) is 96.6 Å². The zero-order valence-corrected chi connectivity index (χ0v) is 18.8. The minimum atomic E-state index is -0.963. The molecule has 2 heterocycles. The fourth-order valence-electron chi connectivity index (χ4n) is 4.52. The van der Waals surface area contributed by atoms with Gasteiger partial charge in [0, 0.05) is 18.3 Å². The molecule has 0 radical (unpaired) electrons. The van der Waals surface area contributed by atoms with Gasteiger partial charge in [-0.3, -0.25) is 0 Å². The highest BCUT2D eigenvalue weighted by atomic mass is 31.1. The van der Waals surface area contributed by atoms with Gasteiger partial charge in [-0.1, -0.05) is 91.0 Å². The lowest BCUT2D eigenvalue weighted by molar-refractivity contribution is -0.330. The lowest BCUT2D eigenvalue weighted by Crippen LogP contribution is -2.62. The number of fused-ring (bicyclic) bond motifs is 1. The molecule has 5 rings (SSSR count). The van der Waals surface area contributed by atoms with E-state index in [0.29, 0.717) is 6.61 Å². The number of hydrogen-bond donors (Lipinski definition) is 1. The first-order valence-electron chi connectivity index (χ1n) is 10.8. The predicted octanol–water partition coefficient (Wildman–Crippen LogP) is 3.33. The molecule has 3 aromatic carbocycles. The Balaban J connectivity index is 1.57. The molecule has 32 heavy (non-hydrogen) atoms. The summed E-state index contributed by atoms with van der Waals surface area (Å²) in [5, 5.41) is 13.8. The molecule has 3 aromatic rings. The second-order valence-corrected chi connectivity index (χ2v) is 10.3. The molecule has 0 aromatic heterocycles. The number of ether oxygens (including phenoxy) is 4. The van der Waals surface area contributed by atoms with Gasteiger partial charge in [-0.05, 0) is 18.5 Å². The van der Waals surface area contributed by atoms with Gasteiger partial charge in [0.05, 0.1) is 12.7 Å². The van der Waals surface area contributed by atoms with E-state index in [0.717, 1.165) is 5.56 Å². The smallest absolute Gasteiger partial charge is 0.184 e. The maximum Gasteiger partial charge on any atom is 0.184 e. The fourth-order valence-corrected chi connectivity index (χ4v) is 7.50. The molecular formula is C26H27O5P. The van der Waals surface area contributed by atoms with E-state index >= 15 is 0 Å². The number of methoxy groups -OCH3 is 1. The molecule has 0 amide bonds. The average molecular weight is 450 g/mol. The normalized spacial score (nSPS) is 30.1. The van der Waals surface area contributed by atoms with Gasteiger partial charge in [-0.15, -0.1) is 0 Å². The molecule has 0 spiro atoms. The van der Waals surface area contributed by atoms with Crippen molar-refractivity contribution in [3.8, 4) is 0 Å². The van der Waals surface area contributed by atoms with Crippen molar-refractivity contribution in [1.29, 1.82) is 0 Å². The summed E-state index contributed by atoms with van der Waals surface area (Å²) in [7, 11) is 0.603. The molecule has 6 atom stereocenters. The van der Waals surface area contributed by atoms with Gasteiger partial charge >= 0.3 is 0 Å². The molecule has 2 fully saturated rings. The molecule has 1 N–H and O–H groups in total. The summed E-state index contributed by atoms with van der Waals surface area (Å²) in [6.07, 6.45) is -2.76. The quantitative estimate of drug-likeness (QED) is 0.605. The molecule has 2 aliphatic heterocycles. The Morgan fingerprint density at radius 3 is 1.94 bits per heavy atom. The first-order valence-corrected chi connectivity index (χ1v) is 12.2. The van der Waals surface area contributed by atoms with Crippen LogP contribution in [0.4, 0.5) is 0 Å². The Hall–Kier alpha value is -2.11. The van der Waals surface area contributed by atoms with E-state index in [2.05, 4.69) is 24.3 Å². The first kappa shape index (κ1) is 21.7. The largest absolute Gasteiger partial charge is 0.387 e. The third-order valence-corrected chi connectivity index (χ3v) is 8.91. The van der Waals surface area contributed by atoms with Gasteiger partial charge in [-0.2, -0.15) is 0 Å². The molecular weight excluding hydrogens is 423 g/mol. The molecule has 2 saturated heterocycles. The number of rotatable bonds is 5. The summed E-state index contributed by atoms with van der Waals surface area (Å²) in [5.74, 6) is 0. The Labute approximate surface area is 189 Å². The van der Waals surface area contributed by atoms with Crippen LogP contribution in [0.5, 0.6) is 0 Å². The van der Waals surface area contributed by atoms with Crippen molar-refractivity contribution in [3.63, 3.8) is 0 Å². The summed E-state index contributed by atoms with van der Waals surface area (Å²) in [6, 6.07) is 30.6. The van der Waals surface area contributed by atoms with Crippen LogP contribution in [0.15, 0.2) is 91.0 Å². The van der Waals surface area contributed by atoms with Gasteiger partial charge in [0.1, 0.15) is 12.2 Å². The summed E-state index contributed by atoms with van der Waals surface area (Å²) in [4.78, 5) is 0. The molecule has 0 aliphatic carbocycles. The average Bonchev–Trinajstić information content (AvgIpc) is 2.87. The Kier molecular flexibility index (Phi) is 6.65. The van der Waals surface area contributed by atoms with Crippen LogP contribution in [-0.2, 0) is 18.9 Å². The topological polar surface area (TPSA) is 57.2 Å². The van der Waals surface area contributed by atoms with Crippen molar-refractivity contribution in [2.45, 2.75) is 36.6 Å². The van der Waals surface area contributed by atoms with Crippen molar-refractivity contribution in [2.75, 3.05) is 13.7 Å². The van der Waals surface area contributed by atoms with Crippen LogP contribution in [0.2, 0.25) is 0 Å².